The molecule has 0 bridgehead atoms. The van der Waals surface area contributed by atoms with E-state index < -0.39 is 5.97 Å². The van der Waals surface area contributed by atoms with Gasteiger partial charge in [-0.3, -0.25) is 0 Å². The molecule has 8 nitrogen and oxygen atoms in total. The molecule has 2 aromatic carbocycles. The molecule has 0 amide bonds. The van der Waals surface area contributed by atoms with Crippen molar-refractivity contribution in [3.63, 3.8) is 0 Å². The summed E-state index contributed by atoms with van der Waals surface area (Å²) in [6.45, 7) is 2.38. The summed E-state index contributed by atoms with van der Waals surface area (Å²) in [5, 5.41) is 15.5. The lowest BCUT2D eigenvalue weighted by Crippen LogP contribution is -2.07. The van der Waals surface area contributed by atoms with E-state index in [1.165, 1.54) is 11.3 Å². The number of aromatic nitrogens is 4. The predicted molar refractivity (Wildman–Crippen MR) is 131 cm³/mol. The molecule has 0 radical (unpaired) electrons. The Labute approximate surface area is 197 Å². The molecular formula is C23H19N5O3S2. The minimum atomic E-state index is -0.944. The third-order valence-electron chi connectivity index (χ3n) is 5.42. The second kappa shape index (κ2) is 8.30. The largest absolute Gasteiger partial charge is 0.477 e. The molecule has 166 valence electrons. The molecule has 0 spiro atoms. The summed E-state index contributed by atoms with van der Waals surface area (Å²) in [6.07, 6.45) is 0. The number of carboxylic acids is 1. The molecular weight excluding hydrogens is 458 g/mol. The number of carboxylic acid groups (broad SMARTS) is 1. The number of nitrogens with zero attached hydrogens (tertiary/aromatic N) is 3. The summed E-state index contributed by atoms with van der Waals surface area (Å²) in [4.78, 5) is 22.0. The summed E-state index contributed by atoms with van der Waals surface area (Å²) < 4.78 is 7.01. The van der Waals surface area contributed by atoms with Gasteiger partial charge in [0.2, 0.25) is 5.95 Å². The van der Waals surface area contributed by atoms with Crippen LogP contribution in [0.25, 0.3) is 33.5 Å². The van der Waals surface area contributed by atoms with Crippen LogP contribution in [0, 0.1) is 11.8 Å². The lowest BCUT2D eigenvalue weighted by Gasteiger charge is -2.11. The van der Waals surface area contributed by atoms with Crippen LogP contribution in [-0.2, 0) is 6.54 Å². The highest BCUT2D eigenvalue weighted by Crippen LogP contribution is 2.34. The van der Waals surface area contributed by atoms with Crippen molar-refractivity contribution in [1.82, 2.24) is 19.7 Å². The van der Waals surface area contributed by atoms with Gasteiger partial charge >= 0.3 is 10.8 Å². The quantitative estimate of drug-likeness (QED) is 0.274. The van der Waals surface area contributed by atoms with E-state index in [-0.39, 0.29) is 4.84 Å². The van der Waals surface area contributed by atoms with Gasteiger partial charge in [0.1, 0.15) is 10.4 Å². The van der Waals surface area contributed by atoms with Gasteiger partial charge in [-0.2, -0.15) is 4.98 Å². The first-order valence-electron chi connectivity index (χ1n) is 10.1. The molecule has 3 heterocycles. The zero-order valence-electron chi connectivity index (χ0n) is 17.7. The third kappa shape index (κ3) is 3.73. The Morgan fingerprint density at radius 1 is 1.18 bits per heavy atom. The van der Waals surface area contributed by atoms with Gasteiger partial charge in [0.25, 0.3) is 0 Å². The number of hydrogen-bond donors (Lipinski definition) is 3. The molecule has 0 atom stereocenters. The number of benzene rings is 2. The summed E-state index contributed by atoms with van der Waals surface area (Å²) in [5.41, 5.74) is 5.28. The number of fused-ring (bicyclic) bond motifs is 1. The maximum atomic E-state index is 11.8. The standard InChI is InChI=1S/C23H19N5O3S2/c1-12-17-18(19(33-12)21(29)30)28(22(24-2)25-17)11-13-7-9-14(10-8-13)15-5-3-4-6-16(15)20-26-23(32)31-27-20/h3-10H,11H2,1-2H3,(H,24,25)(H,29,30)(H,26,27,32). The van der Waals surface area contributed by atoms with Gasteiger partial charge in [-0.1, -0.05) is 48.5 Å². The van der Waals surface area contributed by atoms with Crippen LogP contribution in [0.1, 0.15) is 20.1 Å². The zero-order valence-corrected chi connectivity index (χ0v) is 19.4. The van der Waals surface area contributed by atoms with Gasteiger partial charge in [0.05, 0.1) is 12.1 Å². The molecule has 5 aromatic rings. The average Bonchev–Trinajstić information content (AvgIpc) is 3.50. The van der Waals surface area contributed by atoms with Gasteiger partial charge in [0.15, 0.2) is 5.82 Å². The van der Waals surface area contributed by atoms with Crippen molar-refractivity contribution in [2.45, 2.75) is 13.5 Å². The Balaban J connectivity index is 1.52. The van der Waals surface area contributed by atoms with Crippen LogP contribution in [0.3, 0.4) is 0 Å². The Morgan fingerprint density at radius 2 is 1.91 bits per heavy atom. The van der Waals surface area contributed by atoms with Gasteiger partial charge in [-0.15, -0.1) is 11.3 Å². The van der Waals surface area contributed by atoms with E-state index in [2.05, 4.69) is 20.4 Å². The Morgan fingerprint density at radius 3 is 2.55 bits per heavy atom. The summed E-state index contributed by atoms with van der Waals surface area (Å²) >= 11 is 6.24. The lowest BCUT2D eigenvalue weighted by molar-refractivity contribution is 0.0703. The van der Waals surface area contributed by atoms with Crippen LogP contribution < -0.4 is 5.32 Å². The Kier molecular flexibility index (Phi) is 5.31. The number of nitrogens with one attached hydrogen (secondary N) is 2. The van der Waals surface area contributed by atoms with Crippen LogP contribution in [0.5, 0.6) is 0 Å². The van der Waals surface area contributed by atoms with E-state index in [0.717, 1.165) is 32.6 Å². The monoisotopic (exact) mass is 477 g/mol. The van der Waals surface area contributed by atoms with E-state index >= 15 is 0 Å². The first-order valence-corrected chi connectivity index (χ1v) is 11.3. The maximum absolute atomic E-state index is 11.8. The molecule has 0 saturated heterocycles. The minimum absolute atomic E-state index is 0.159. The minimum Gasteiger partial charge on any atom is -0.477 e. The number of aryl methyl sites for hydroxylation is 1. The smallest absolute Gasteiger partial charge is 0.348 e. The molecule has 0 fully saturated rings. The number of thiophene rings is 1. The third-order valence-corrected chi connectivity index (χ3v) is 6.66. The fraction of sp³-hybridized carbons (Fsp3) is 0.130. The van der Waals surface area contributed by atoms with Gasteiger partial charge < -0.3 is 19.5 Å². The molecule has 5 rings (SSSR count). The van der Waals surface area contributed by atoms with Crippen LogP contribution in [0.4, 0.5) is 5.95 Å². The van der Waals surface area contributed by atoms with E-state index in [1.807, 2.05) is 60.0 Å². The summed E-state index contributed by atoms with van der Waals surface area (Å²) in [7, 11) is 1.78. The van der Waals surface area contributed by atoms with Crippen molar-refractivity contribution in [2.75, 3.05) is 12.4 Å². The van der Waals surface area contributed by atoms with Crippen molar-refractivity contribution < 1.29 is 14.4 Å². The molecule has 10 heteroatoms. The molecule has 0 aliphatic heterocycles. The van der Waals surface area contributed by atoms with Crippen molar-refractivity contribution in [2.24, 2.45) is 0 Å². The van der Waals surface area contributed by atoms with Crippen molar-refractivity contribution in [3.05, 3.63) is 68.7 Å². The topological polar surface area (TPSA) is 109 Å². The van der Waals surface area contributed by atoms with Gasteiger partial charge in [0, 0.05) is 17.5 Å². The summed E-state index contributed by atoms with van der Waals surface area (Å²) in [6, 6.07) is 16.0. The number of rotatable bonds is 6. The van der Waals surface area contributed by atoms with E-state index in [1.54, 1.807) is 7.05 Å². The van der Waals surface area contributed by atoms with Gasteiger partial charge in [-0.25, -0.2) is 14.9 Å². The highest BCUT2D eigenvalue weighted by Gasteiger charge is 2.22. The number of aromatic carboxylic acids is 1. The molecule has 0 aliphatic rings. The molecule has 3 N–H and O–H groups in total. The Hall–Kier alpha value is -3.76. The Bertz CT molecular complexity index is 1540. The number of carbonyl (C=O) groups is 1. The molecule has 3 aromatic heterocycles. The molecule has 0 aliphatic carbocycles. The highest BCUT2D eigenvalue weighted by molar-refractivity contribution is 7.71. The second-order valence-corrected chi connectivity index (χ2v) is 9.01. The lowest BCUT2D eigenvalue weighted by atomic mass is 9.98. The first-order chi connectivity index (χ1) is 16.0. The zero-order chi connectivity index (χ0) is 23.1. The summed E-state index contributed by atoms with van der Waals surface area (Å²) in [5.74, 6) is 0.267. The van der Waals surface area contributed by atoms with Crippen molar-refractivity contribution in [3.8, 4) is 22.5 Å². The number of aromatic amines is 1. The van der Waals surface area contributed by atoms with E-state index in [0.29, 0.717) is 28.7 Å². The molecule has 0 saturated carbocycles. The van der Waals surface area contributed by atoms with Crippen LogP contribution in [0.2, 0.25) is 0 Å². The number of hydrogen-bond acceptors (Lipinski definition) is 7. The van der Waals surface area contributed by atoms with Crippen LogP contribution in [-0.4, -0.2) is 37.8 Å². The van der Waals surface area contributed by atoms with Crippen molar-refractivity contribution >= 4 is 46.5 Å². The fourth-order valence-electron chi connectivity index (χ4n) is 3.93. The SMILES string of the molecule is CNc1nc2c(C)sc(C(=O)O)c2n1Cc1ccc(-c2ccccc2-c2nc(=S)o[nH]2)cc1. The van der Waals surface area contributed by atoms with E-state index in [4.69, 9.17) is 16.7 Å². The second-order valence-electron chi connectivity index (χ2n) is 7.43. The van der Waals surface area contributed by atoms with Crippen LogP contribution in [0.15, 0.2) is 53.1 Å². The number of anilines is 1. The van der Waals surface area contributed by atoms with Crippen molar-refractivity contribution in [1.29, 1.82) is 0 Å². The molecule has 33 heavy (non-hydrogen) atoms. The highest BCUT2D eigenvalue weighted by atomic mass is 32.1. The number of imidazole rings is 1. The predicted octanol–water partition coefficient (Wildman–Crippen LogP) is 5.57. The average molecular weight is 478 g/mol. The normalized spacial score (nSPS) is 11.2. The molecule has 0 unspecified atom stereocenters. The van der Waals surface area contributed by atoms with Gasteiger partial charge in [-0.05, 0) is 35.8 Å². The van der Waals surface area contributed by atoms with Crippen LogP contribution >= 0.6 is 23.6 Å². The first kappa shape index (κ1) is 21.1. The number of H-pyrrole nitrogens is 1. The fourth-order valence-corrected chi connectivity index (χ4v) is 4.99. The van der Waals surface area contributed by atoms with E-state index in [9.17, 15) is 9.90 Å². The maximum Gasteiger partial charge on any atom is 0.348 e.